The predicted molar refractivity (Wildman–Crippen MR) is 77.2 cm³/mol. The van der Waals surface area contributed by atoms with E-state index in [0.717, 1.165) is 12.8 Å². The number of benzene rings is 1. The van der Waals surface area contributed by atoms with Crippen molar-refractivity contribution in [3.05, 3.63) is 28.3 Å². The van der Waals surface area contributed by atoms with Crippen molar-refractivity contribution in [3.8, 4) is 0 Å². The van der Waals surface area contributed by atoms with Crippen LogP contribution in [0.1, 0.15) is 35.7 Å². The lowest BCUT2D eigenvalue weighted by Gasteiger charge is -2.10. The summed E-state index contributed by atoms with van der Waals surface area (Å²) in [5.74, 6) is 0.201. The van der Waals surface area contributed by atoms with Crippen LogP contribution in [0, 0.1) is 12.8 Å². The van der Waals surface area contributed by atoms with Crippen molar-refractivity contribution in [3.63, 3.8) is 0 Å². The molecule has 7 heteroatoms. The summed E-state index contributed by atoms with van der Waals surface area (Å²) in [6.45, 7) is 3.74. The summed E-state index contributed by atoms with van der Waals surface area (Å²) in [7, 11) is -3.89. The van der Waals surface area contributed by atoms with Gasteiger partial charge in [0.05, 0.1) is 4.90 Å². The van der Waals surface area contributed by atoms with Crippen LogP contribution in [0.3, 0.4) is 0 Å². The third-order valence-corrected chi connectivity index (χ3v) is 4.94. The van der Waals surface area contributed by atoms with Gasteiger partial charge >= 0.3 is 0 Å². The number of rotatable bonds is 4. The van der Waals surface area contributed by atoms with E-state index in [9.17, 15) is 13.2 Å². The van der Waals surface area contributed by atoms with Gasteiger partial charge in [-0.05, 0) is 37.0 Å². The van der Waals surface area contributed by atoms with Gasteiger partial charge in [0, 0.05) is 16.6 Å². The minimum Gasteiger partial charge on any atom is -0.349 e. The molecular formula is C13H17ClN2O3S. The fourth-order valence-corrected chi connectivity index (χ4v) is 3.02. The highest BCUT2D eigenvalue weighted by Crippen LogP contribution is 2.33. The summed E-state index contributed by atoms with van der Waals surface area (Å²) < 4.78 is 22.8. The van der Waals surface area contributed by atoms with Crippen LogP contribution in [0.25, 0.3) is 0 Å². The number of primary sulfonamides is 1. The van der Waals surface area contributed by atoms with Gasteiger partial charge in [0.1, 0.15) is 0 Å². The molecule has 1 amide bonds. The van der Waals surface area contributed by atoms with Crippen molar-refractivity contribution in [2.24, 2.45) is 11.1 Å². The van der Waals surface area contributed by atoms with E-state index in [-0.39, 0.29) is 27.4 Å². The molecule has 2 unspecified atom stereocenters. The number of amides is 1. The zero-order valence-electron chi connectivity index (χ0n) is 11.3. The average Bonchev–Trinajstić information content (AvgIpc) is 3.09. The molecule has 0 heterocycles. The second kappa shape index (κ2) is 5.35. The van der Waals surface area contributed by atoms with Crippen molar-refractivity contribution >= 4 is 27.5 Å². The average molecular weight is 317 g/mol. The smallest absolute Gasteiger partial charge is 0.251 e. The fourth-order valence-electron chi connectivity index (χ4n) is 2.18. The maximum Gasteiger partial charge on any atom is 0.251 e. The Morgan fingerprint density at radius 2 is 2.15 bits per heavy atom. The van der Waals surface area contributed by atoms with Gasteiger partial charge in [-0.3, -0.25) is 4.79 Å². The van der Waals surface area contributed by atoms with E-state index in [1.165, 1.54) is 12.1 Å². The largest absolute Gasteiger partial charge is 0.349 e. The third-order valence-electron chi connectivity index (χ3n) is 3.65. The summed E-state index contributed by atoms with van der Waals surface area (Å²) >= 11 is 5.98. The van der Waals surface area contributed by atoms with E-state index in [1.54, 1.807) is 6.92 Å². The molecule has 20 heavy (non-hydrogen) atoms. The lowest BCUT2D eigenvalue weighted by molar-refractivity contribution is 0.0948. The monoisotopic (exact) mass is 316 g/mol. The van der Waals surface area contributed by atoms with Crippen molar-refractivity contribution in [1.82, 2.24) is 5.32 Å². The number of hydrogen-bond donors (Lipinski definition) is 2. The normalized spacial score (nSPS) is 21.6. The Balaban J connectivity index is 2.31. The Kier molecular flexibility index (Phi) is 4.09. The highest BCUT2D eigenvalue weighted by atomic mass is 35.5. The van der Waals surface area contributed by atoms with E-state index in [4.69, 9.17) is 16.7 Å². The summed E-state index contributed by atoms with van der Waals surface area (Å²) in [5, 5.41) is 8.18. The molecule has 1 saturated carbocycles. The predicted octanol–water partition coefficient (Wildman–Crippen LogP) is 1.82. The topological polar surface area (TPSA) is 89.3 Å². The van der Waals surface area contributed by atoms with Gasteiger partial charge < -0.3 is 5.32 Å². The Morgan fingerprint density at radius 1 is 1.50 bits per heavy atom. The lowest BCUT2D eigenvalue weighted by Crippen LogP contribution is -2.28. The minimum atomic E-state index is -3.89. The fraction of sp³-hybridized carbons (Fsp3) is 0.462. The number of carbonyl (C=O) groups excluding carboxylic acids is 1. The maximum atomic E-state index is 12.2. The Bertz CT molecular complexity index is 658. The number of halogens is 1. The van der Waals surface area contributed by atoms with E-state index in [2.05, 4.69) is 12.2 Å². The molecule has 1 aromatic rings. The van der Waals surface area contributed by atoms with E-state index < -0.39 is 10.0 Å². The SMILES string of the molecule is CCC1CC1NC(=O)c1cc(S(N)(=O)=O)cc(Cl)c1C. The molecule has 3 N–H and O–H groups in total. The van der Waals surface area contributed by atoms with Gasteiger partial charge in [0.2, 0.25) is 10.0 Å². The van der Waals surface area contributed by atoms with Crippen LogP contribution in [0.2, 0.25) is 5.02 Å². The molecule has 0 radical (unpaired) electrons. The first kappa shape index (κ1) is 15.3. The highest BCUT2D eigenvalue weighted by molar-refractivity contribution is 7.89. The molecule has 110 valence electrons. The van der Waals surface area contributed by atoms with Gasteiger partial charge in [-0.1, -0.05) is 24.9 Å². The van der Waals surface area contributed by atoms with Crippen LogP contribution in [-0.4, -0.2) is 20.4 Å². The number of sulfonamides is 1. The molecule has 5 nitrogen and oxygen atoms in total. The number of nitrogens with one attached hydrogen (secondary N) is 1. The molecule has 0 bridgehead atoms. The van der Waals surface area contributed by atoms with E-state index in [0.29, 0.717) is 11.5 Å². The lowest BCUT2D eigenvalue weighted by atomic mass is 10.1. The second-order valence-corrected chi connectivity index (χ2v) is 7.08. The van der Waals surface area contributed by atoms with Crippen molar-refractivity contribution in [2.45, 2.75) is 37.6 Å². The first-order valence-corrected chi connectivity index (χ1v) is 8.30. The quantitative estimate of drug-likeness (QED) is 0.888. The van der Waals surface area contributed by atoms with E-state index in [1.807, 2.05) is 0 Å². The number of hydrogen-bond acceptors (Lipinski definition) is 3. The molecule has 2 atom stereocenters. The maximum absolute atomic E-state index is 12.2. The molecule has 1 aliphatic carbocycles. The summed E-state index contributed by atoms with van der Waals surface area (Å²) in [6, 6.07) is 2.70. The molecule has 0 spiro atoms. The Labute approximate surface area is 123 Å². The number of carbonyl (C=O) groups is 1. The molecule has 0 aromatic heterocycles. The second-order valence-electron chi connectivity index (χ2n) is 5.11. The molecular weight excluding hydrogens is 300 g/mol. The minimum absolute atomic E-state index is 0.152. The van der Waals surface area contributed by atoms with Gasteiger partial charge in [-0.15, -0.1) is 0 Å². The van der Waals surface area contributed by atoms with Crippen molar-refractivity contribution < 1.29 is 13.2 Å². The van der Waals surface area contributed by atoms with Crippen LogP contribution in [0.5, 0.6) is 0 Å². The zero-order chi connectivity index (χ0) is 15.1. The molecule has 0 aliphatic heterocycles. The van der Waals surface area contributed by atoms with Crippen LogP contribution in [0.4, 0.5) is 0 Å². The molecule has 1 fully saturated rings. The summed E-state index contributed by atoms with van der Waals surface area (Å²) in [4.78, 5) is 12.1. The van der Waals surface area contributed by atoms with Gasteiger partial charge in [-0.2, -0.15) is 0 Å². The van der Waals surface area contributed by atoms with Crippen LogP contribution >= 0.6 is 11.6 Å². The van der Waals surface area contributed by atoms with Crippen molar-refractivity contribution in [1.29, 1.82) is 0 Å². The van der Waals surface area contributed by atoms with Crippen LogP contribution in [0.15, 0.2) is 17.0 Å². The first-order chi connectivity index (χ1) is 9.24. The molecule has 2 rings (SSSR count). The highest BCUT2D eigenvalue weighted by Gasteiger charge is 2.36. The molecule has 1 aromatic carbocycles. The first-order valence-electron chi connectivity index (χ1n) is 6.37. The Morgan fingerprint density at radius 3 is 2.65 bits per heavy atom. The molecule has 0 saturated heterocycles. The van der Waals surface area contributed by atoms with Crippen LogP contribution < -0.4 is 10.5 Å². The standard InChI is InChI=1S/C13H17ClN2O3S/c1-3-8-4-12(8)16-13(17)10-5-9(20(15,18)19)6-11(14)7(10)2/h5-6,8,12H,3-4H2,1-2H3,(H,16,17)(H2,15,18,19). The third kappa shape index (κ3) is 3.13. The van der Waals surface area contributed by atoms with Gasteiger partial charge in [-0.25, -0.2) is 13.6 Å². The van der Waals surface area contributed by atoms with Crippen LogP contribution in [-0.2, 0) is 10.0 Å². The summed E-state index contributed by atoms with van der Waals surface area (Å²) in [5.41, 5.74) is 0.800. The molecule has 1 aliphatic rings. The van der Waals surface area contributed by atoms with Gasteiger partial charge in [0.25, 0.3) is 5.91 Å². The Hall–Kier alpha value is -1.11. The van der Waals surface area contributed by atoms with Crippen molar-refractivity contribution in [2.75, 3.05) is 0 Å². The van der Waals surface area contributed by atoms with E-state index >= 15 is 0 Å². The number of nitrogens with two attached hydrogens (primary N) is 1. The summed E-state index contributed by atoms with van der Waals surface area (Å²) in [6.07, 6.45) is 1.98. The van der Waals surface area contributed by atoms with Gasteiger partial charge in [0.15, 0.2) is 0 Å². The zero-order valence-corrected chi connectivity index (χ0v) is 12.9.